The van der Waals surface area contributed by atoms with Crippen LogP contribution in [-0.2, 0) is 21.9 Å². The quantitative estimate of drug-likeness (QED) is 0.141. The molecule has 10 nitrogen and oxygen atoms in total. The van der Waals surface area contributed by atoms with Crippen LogP contribution in [-0.4, -0.2) is 87.2 Å². The molecule has 3 heterocycles. The van der Waals surface area contributed by atoms with Crippen molar-refractivity contribution in [3.8, 4) is 0 Å². The van der Waals surface area contributed by atoms with Crippen LogP contribution in [0.5, 0.6) is 0 Å². The minimum Gasteiger partial charge on any atom is -0.563 e. The van der Waals surface area contributed by atoms with Crippen LogP contribution < -0.4 is 15.5 Å². The molecule has 0 spiro atoms. The van der Waals surface area contributed by atoms with E-state index < -0.39 is 20.1 Å². The Morgan fingerprint density at radius 3 is 2.49 bits per heavy atom. The number of benzene rings is 1. The van der Waals surface area contributed by atoms with E-state index in [0.717, 1.165) is 6.07 Å². The van der Waals surface area contributed by atoms with Crippen molar-refractivity contribution in [3.05, 3.63) is 41.1 Å². The minimum absolute atomic E-state index is 0.0132. The Bertz CT molecular complexity index is 1490. The number of imidazole rings is 1. The van der Waals surface area contributed by atoms with Gasteiger partial charge in [0, 0.05) is 63.7 Å². The molecule has 1 aliphatic heterocycles. The fraction of sp³-hybridized carbons (Fsp3) is 0.581. The molecule has 1 atom stereocenters. The third kappa shape index (κ3) is 8.34. The van der Waals surface area contributed by atoms with Crippen LogP contribution in [0.15, 0.2) is 29.3 Å². The number of hydrogen-bond acceptors (Lipinski definition) is 8. The first-order chi connectivity index (χ1) is 21.0. The maximum absolute atomic E-state index is 14.3. The Morgan fingerprint density at radius 2 is 1.87 bits per heavy atom. The molecule has 2 N–H and O–H groups in total. The number of ether oxygens (including phenoxy) is 1. The molecule has 14 heteroatoms. The summed E-state index contributed by atoms with van der Waals surface area (Å²) in [6.07, 6.45) is -2.86. The summed E-state index contributed by atoms with van der Waals surface area (Å²) < 4.78 is 56.4. The Balaban J connectivity index is 1.71. The number of alkyl halides is 3. The number of fused-ring (bicyclic) bond motifs is 1. The predicted octanol–water partition coefficient (Wildman–Crippen LogP) is 6.36. The van der Waals surface area contributed by atoms with Gasteiger partial charge in [-0.25, -0.2) is 9.98 Å². The lowest BCUT2D eigenvalue weighted by atomic mass is 10.0. The predicted molar refractivity (Wildman–Crippen MR) is 177 cm³/mol. The van der Waals surface area contributed by atoms with E-state index in [1.807, 2.05) is 32.0 Å². The molecule has 4 rings (SSSR count). The van der Waals surface area contributed by atoms with E-state index in [0.29, 0.717) is 67.3 Å². The molecule has 0 amide bonds. The lowest BCUT2D eigenvalue weighted by molar-refractivity contribution is -0.138. The summed E-state index contributed by atoms with van der Waals surface area (Å²) in [6.45, 7) is 17.4. The summed E-state index contributed by atoms with van der Waals surface area (Å²) in [5.41, 5.74) is 1.38. The second-order valence-corrected chi connectivity index (χ2v) is 18.1. The number of hydrogen-bond donors (Lipinski definition) is 2. The summed E-state index contributed by atoms with van der Waals surface area (Å²) in [4.78, 5) is 13.3. The van der Waals surface area contributed by atoms with Crippen LogP contribution in [0, 0.1) is 6.92 Å². The molecule has 1 unspecified atom stereocenters. The number of rotatable bonds is 11. The summed E-state index contributed by atoms with van der Waals surface area (Å²) in [5, 5.41) is 11.4. The molecule has 2 aromatic heterocycles. The molecule has 1 saturated heterocycles. The van der Waals surface area contributed by atoms with Gasteiger partial charge in [-0.2, -0.15) is 17.7 Å². The molecule has 1 aromatic carbocycles. The van der Waals surface area contributed by atoms with Crippen molar-refractivity contribution in [3.63, 3.8) is 0 Å². The molecule has 0 aliphatic carbocycles. The molecule has 1 aliphatic rings. The second kappa shape index (κ2) is 13.7. The number of morpholine rings is 1. The SMILES string of the molecule is Cc1nc2c(N=CN(C)C)cc(N3CCOCC3)nn2c1Nc1cccc(C(F)(F)F)c1CNC(C)CO[Si-](C)(C)C(C)(C)C. The van der Waals surface area contributed by atoms with Crippen LogP contribution in [0.1, 0.15) is 44.5 Å². The van der Waals surface area contributed by atoms with Gasteiger partial charge in [-0.05, 0) is 34.3 Å². The van der Waals surface area contributed by atoms with Gasteiger partial charge in [-0.1, -0.05) is 26.8 Å². The summed E-state index contributed by atoms with van der Waals surface area (Å²) in [5.74, 6) is 1.15. The van der Waals surface area contributed by atoms with Gasteiger partial charge in [-0.3, -0.25) is 0 Å². The summed E-state index contributed by atoms with van der Waals surface area (Å²) >= 11 is 0. The van der Waals surface area contributed by atoms with Crippen molar-refractivity contribution in [2.75, 3.05) is 57.2 Å². The maximum atomic E-state index is 14.3. The van der Waals surface area contributed by atoms with Crippen LogP contribution in [0.25, 0.3) is 5.65 Å². The van der Waals surface area contributed by atoms with Gasteiger partial charge in [0.05, 0.1) is 30.8 Å². The topological polar surface area (TPSA) is 91.6 Å². The van der Waals surface area contributed by atoms with E-state index in [-0.39, 0.29) is 23.2 Å². The van der Waals surface area contributed by atoms with E-state index in [1.54, 1.807) is 23.8 Å². The first-order valence-corrected chi connectivity index (χ1v) is 18.2. The number of aromatic nitrogens is 3. The Labute approximate surface area is 265 Å². The number of halogens is 3. The van der Waals surface area contributed by atoms with Crippen molar-refractivity contribution in [2.24, 2.45) is 4.99 Å². The van der Waals surface area contributed by atoms with Gasteiger partial charge in [0.1, 0.15) is 5.69 Å². The monoisotopic (exact) mass is 648 g/mol. The lowest BCUT2D eigenvalue weighted by Gasteiger charge is -2.49. The zero-order chi connectivity index (χ0) is 33.2. The van der Waals surface area contributed by atoms with Crippen molar-refractivity contribution in [2.45, 2.75) is 71.5 Å². The molecule has 3 aromatic rings. The van der Waals surface area contributed by atoms with Crippen LogP contribution >= 0.6 is 0 Å². The van der Waals surface area contributed by atoms with Crippen LogP contribution in [0.2, 0.25) is 18.1 Å². The number of nitrogens with one attached hydrogen (secondary N) is 2. The molecule has 249 valence electrons. The number of anilines is 3. The standard InChI is InChI=1S/C31H47F3N8O2Si/c1-21(19-44-45(8,9)30(3,4)5)35-18-23-24(31(32,33)34)11-10-12-25(23)38-28-22(2)37-29-26(36-20-40(6)7)17-27(39-42(28)29)41-13-15-43-16-14-41/h10-12,17,20-21,35,38H,13-16,18-19H2,1-9H3/q-1. The highest BCUT2D eigenvalue weighted by Crippen LogP contribution is 2.38. The van der Waals surface area contributed by atoms with Gasteiger partial charge in [0.2, 0.25) is 0 Å². The molecule has 1 fully saturated rings. The fourth-order valence-electron chi connectivity index (χ4n) is 4.64. The van der Waals surface area contributed by atoms with E-state index in [4.69, 9.17) is 19.2 Å². The van der Waals surface area contributed by atoms with Gasteiger partial charge >= 0.3 is 6.18 Å². The zero-order valence-corrected chi connectivity index (χ0v) is 28.8. The van der Waals surface area contributed by atoms with Gasteiger partial charge in [-0.15, -0.1) is 23.2 Å². The van der Waals surface area contributed by atoms with Crippen LogP contribution in [0.3, 0.4) is 0 Å². The number of nitrogens with zero attached hydrogens (tertiary/aromatic N) is 6. The highest BCUT2D eigenvalue weighted by atomic mass is 28.4. The largest absolute Gasteiger partial charge is 0.563 e. The average Bonchev–Trinajstić information content (AvgIpc) is 3.27. The Kier molecular flexibility index (Phi) is 10.5. The minimum atomic E-state index is -4.54. The van der Waals surface area contributed by atoms with Gasteiger partial charge in [0.15, 0.2) is 17.3 Å². The van der Waals surface area contributed by atoms with Crippen molar-refractivity contribution in [1.82, 2.24) is 24.8 Å². The van der Waals surface area contributed by atoms with Gasteiger partial charge in [0.25, 0.3) is 0 Å². The third-order valence-electron chi connectivity index (χ3n) is 8.35. The molecule has 0 saturated carbocycles. The molecule has 0 bridgehead atoms. The second-order valence-electron chi connectivity index (χ2n) is 13.3. The molecular formula is C31H47F3N8O2Si-. The molecular weight excluding hydrogens is 601 g/mol. The van der Waals surface area contributed by atoms with Crippen molar-refractivity contribution < 1.29 is 22.3 Å². The highest BCUT2D eigenvalue weighted by Gasteiger charge is 2.34. The normalized spacial score (nSPS) is 15.7. The summed E-state index contributed by atoms with van der Waals surface area (Å²) in [6, 6.07) is 5.89. The molecule has 0 radical (unpaired) electrons. The average molecular weight is 649 g/mol. The van der Waals surface area contributed by atoms with Crippen LogP contribution in [0.4, 0.5) is 36.2 Å². The van der Waals surface area contributed by atoms with E-state index >= 15 is 0 Å². The Morgan fingerprint density at radius 1 is 1.18 bits per heavy atom. The number of aryl methyl sites for hydroxylation is 1. The first-order valence-electron chi connectivity index (χ1n) is 15.2. The Hall–Kier alpha value is -3.20. The highest BCUT2D eigenvalue weighted by molar-refractivity contribution is 6.74. The summed E-state index contributed by atoms with van der Waals surface area (Å²) in [7, 11) is 1.74. The van der Waals surface area contributed by atoms with E-state index in [1.165, 1.54) is 6.07 Å². The first kappa shape index (κ1) is 34.7. The maximum Gasteiger partial charge on any atom is 0.416 e. The number of aliphatic imine (C=N–C) groups is 1. The van der Waals surface area contributed by atoms with E-state index in [9.17, 15) is 13.2 Å². The smallest absolute Gasteiger partial charge is 0.416 e. The van der Waals surface area contributed by atoms with Gasteiger partial charge < -0.3 is 29.6 Å². The zero-order valence-electron chi connectivity index (χ0n) is 27.8. The van der Waals surface area contributed by atoms with Crippen molar-refractivity contribution >= 4 is 43.3 Å². The van der Waals surface area contributed by atoms with Crippen molar-refractivity contribution in [1.29, 1.82) is 0 Å². The molecule has 45 heavy (non-hydrogen) atoms. The third-order valence-corrected chi connectivity index (χ3v) is 12.9. The van der Waals surface area contributed by atoms with E-state index in [2.05, 4.69) is 54.4 Å². The fourth-order valence-corrected chi connectivity index (χ4v) is 5.73. The lowest BCUT2D eigenvalue weighted by Crippen LogP contribution is -2.44.